The summed E-state index contributed by atoms with van der Waals surface area (Å²) in [5, 5.41) is 0.456. The standard InChI is InChI=1S/C17H22ClNO4/c1-12(20)23-10-9-19-7-5-13(6-8-19)17(21)14-3-4-16(22-2)15(18)11-14/h3-4,11,13H,5-10H2,1-2H3. The molecule has 1 aromatic carbocycles. The first-order valence-electron chi connectivity index (χ1n) is 7.74. The topological polar surface area (TPSA) is 55.8 Å². The van der Waals surface area contributed by atoms with Crippen LogP contribution < -0.4 is 4.74 Å². The monoisotopic (exact) mass is 339 g/mol. The van der Waals surface area contributed by atoms with Crippen LogP contribution in [0.5, 0.6) is 5.75 Å². The predicted molar refractivity (Wildman–Crippen MR) is 88.1 cm³/mol. The van der Waals surface area contributed by atoms with Crippen LogP contribution in [0.2, 0.25) is 5.02 Å². The number of likely N-dealkylation sites (tertiary alicyclic amines) is 1. The molecule has 0 radical (unpaired) electrons. The highest BCUT2D eigenvalue weighted by atomic mass is 35.5. The van der Waals surface area contributed by atoms with Gasteiger partial charge >= 0.3 is 5.97 Å². The first kappa shape index (κ1) is 17.8. The molecule has 0 atom stereocenters. The Morgan fingerprint density at radius 1 is 1.30 bits per heavy atom. The second kappa shape index (κ2) is 8.31. The van der Waals surface area contributed by atoms with Gasteiger partial charge < -0.3 is 9.47 Å². The number of Topliss-reactive ketones (excluding diaryl/α,β-unsaturated/α-hetero) is 1. The van der Waals surface area contributed by atoms with Crippen LogP contribution in [-0.2, 0) is 9.53 Å². The molecule has 0 saturated carbocycles. The molecule has 2 rings (SSSR count). The third-order valence-corrected chi connectivity index (χ3v) is 4.40. The number of nitrogens with zero attached hydrogens (tertiary/aromatic N) is 1. The SMILES string of the molecule is COc1ccc(C(=O)C2CCN(CCOC(C)=O)CC2)cc1Cl. The molecule has 1 aromatic rings. The molecular formula is C17H22ClNO4. The molecule has 1 aliphatic heterocycles. The zero-order valence-electron chi connectivity index (χ0n) is 13.5. The zero-order chi connectivity index (χ0) is 16.8. The van der Waals surface area contributed by atoms with Crippen molar-refractivity contribution >= 4 is 23.4 Å². The summed E-state index contributed by atoms with van der Waals surface area (Å²) in [5.74, 6) is 0.466. The van der Waals surface area contributed by atoms with E-state index in [-0.39, 0.29) is 17.7 Å². The van der Waals surface area contributed by atoms with Crippen LogP contribution in [0.4, 0.5) is 0 Å². The number of carbonyl (C=O) groups excluding carboxylic acids is 2. The van der Waals surface area contributed by atoms with Gasteiger partial charge in [-0.1, -0.05) is 11.6 Å². The summed E-state index contributed by atoms with van der Waals surface area (Å²) in [6.07, 6.45) is 1.62. The Bertz CT molecular complexity index is 568. The van der Waals surface area contributed by atoms with E-state index in [1.165, 1.54) is 6.92 Å². The number of hydrogen-bond acceptors (Lipinski definition) is 5. The minimum atomic E-state index is -0.258. The molecular weight excluding hydrogens is 318 g/mol. The van der Waals surface area contributed by atoms with Gasteiger partial charge in [0, 0.05) is 24.9 Å². The molecule has 23 heavy (non-hydrogen) atoms. The molecule has 0 aromatic heterocycles. The Morgan fingerprint density at radius 3 is 2.57 bits per heavy atom. The summed E-state index contributed by atoms with van der Waals surface area (Å²) < 4.78 is 10.1. The van der Waals surface area contributed by atoms with Crippen molar-refractivity contribution in [2.24, 2.45) is 5.92 Å². The number of hydrogen-bond donors (Lipinski definition) is 0. The summed E-state index contributed by atoms with van der Waals surface area (Å²) in [4.78, 5) is 25.5. The second-order valence-corrected chi connectivity index (χ2v) is 6.08. The third kappa shape index (κ3) is 4.94. The van der Waals surface area contributed by atoms with Crippen molar-refractivity contribution in [2.75, 3.05) is 33.4 Å². The summed E-state index contributed by atoms with van der Waals surface area (Å²) >= 11 is 6.09. The maximum atomic E-state index is 12.6. The largest absolute Gasteiger partial charge is 0.495 e. The number of benzene rings is 1. The fraction of sp³-hybridized carbons (Fsp3) is 0.529. The lowest BCUT2D eigenvalue weighted by Gasteiger charge is -2.31. The first-order chi connectivity index (χ1) is 11.0. The number of rotatable bonds is 6. The Labute approximate surface area is 141 Å². The van der Waals surface area contributed by atoms with Crippen LogP contribution in [0.25, 0.3) is 0 Å². The molecule has 0 spiro atoms. The van der Waals surface area contributed by atoms with Gasteiger partial charge in [-0.3, -0.25) is 14.5 Å². The van der Waals surface area contributed by atoms with E-state index in [1.54, 1.807) is 25.3 Å². The molecule has 1 heterocycles. The lowest BCUT2D eigenvalue weighted by molar-refractivity contribution is -0.141. The molecule has 1 fully saturated rings. The Morgan fingerprint density at radius 2 is 2.00 bits per heavy atom. The molecule has 1 aliphatic rings. The van der Waals surface area contributed by atoms with Crippen LogP contribution in [0.3, 0.4) is 0 Å². The van der Waals surface area contributed by atoms with Crippen molar-refractivity contribution in [3.05, 3.63) is 28.8 Å². The van der Waals surface area contributed by atoms with E-state index in [2.05, 4.69) is 4.90 Å². The Kier molecular flexibility index (Phi) is 6.42. The lowest BCUT2D eigenvalue weighted by Crippen LogP contribution is -2.38. The van der Waals surface area contributed by atoms with Crippen molar-refractivity contribution in [2.45, 2.75) is 19.8 Å². The van der Waals surface area contributed by atoms with Crippen LogP contribution >= 0.6 is 11.6 Å². The van der Waals surface area contributed by atoms with Gasteiger partial charge in [-0.2, -0.15) is 0 Å². The van der Waals surface area contributed by atoms with Crippen LogP contribution in [0.1, 0.15) is 30.1 Å². The van der Waals surface area contributed by atoms with E-state index in [1.807, 2.05) is 0 Å². The normalized spacial score (nSPS) is 16.1. The van der Waals surface area contributed by atoms with E-state index in [0.29, 0.717) is 22.9 Å². The van der Waals surface area contributed by atoms with Gasteiger partial charge in [0.05, 0.1) is 12.1 Å². The average molecular weight is 340 g/mol. The Hall–Kier alpha value is -1.59. The smallest absolute Gasteiger partial charge is 0.302 e. The van der Waals surface area contributed by atoms with Gasteiger partial charge in [-0.05, 0) is 44.1 Å². The van der Waals surface area contributed by atoms with Gasteiger partial charge in [0.1, 0.15) is 12.4 Å². The number of piperidine rings is 1. The van der Waals surface area contributed by atoms with E-state index in [9.17, 15) is 9.59 Å². The molecule has 0 aliphatic carbocycles. The number of halogens is 1. The van der Waals surface area contributed by atoms with E-state index in [4.69, 9.17) is 21.1 Å². The number of esters is 1. The Balaban J connectivity index is 1.86. The highest BCUT2D eigenvalue weighted by molar-refractivity contribution is 6.32. The molecule has 126 valence electrons. The van der Waals surface area contributed by atoms with Crippen molar-refractivity contribution < 1.29 is 19.1 Å². The van der Waals surface area contributed by atoms with Gasteiger partial charge in [0.25, 0.3) is 0 Å². The highest BCUT2D eigenvalue weighted by Crippen LogP contribution is 2.28. The summed E-state index contributed by atoms with van der Waals surface area (Å²) in [6, 6.07) is 5.17. The molecule has 0 unspecified atom stereocenters. The quantitative estimate of drug-likeness (QED) is 0.589. The van der Waals surface area contributed by atoms with Crippen molar-refractivity contribution in [1.29, 1.82) is 0 Å². The van der Waals surface area contributed by atoms with Crippen molar-refractivity contribution in [3.63, 3.8) is 0 Å². The number of ether oxygens (including phenoxy) is 2. The van der Waals surface area contributed by atoms with Crippen molar-refractivity contribution in [1.82, 2.24) is 4.90 Å². The summed E-state index contributed by atoms with van der Waals surface area (Å²) in [5.41, 5.74) is 0.633. The fourth-order valence-corrected chi connectivity index (χ4v) is 3.05. The summed E-state index contributed by atoms with van der Waals surface area (Å²) in [6.45, 7) is 4.20. The van der Waals surface area contributed by atoms with E-state index in [0.717, 1.165) is 32.5 Å². The molecule has 0 amide bonds. The van der Waals surface area contributed by atoms with Gasteiger partial charge in [-0.25, -0.2) is 0 Å². The van der Waals surface area contributed by atoms with Gasteiger partial charge in [0.15, 0.2) is 5.78 Å². The lowest BCUT2D eigenvalue weighted by atomic mass is 9.89. The van der Waals surface area contributed by atoms with Gasteiger partial charge in [-0.15, -0.1) is 0 Å². The molecule has 6 heteroatoms. The number of methoxy groups -OCH3 is 1. The van der Waals surface area contributed by atoms with Crippen LogP contribution in [0.15, 0.2) is 18.2 Å². The van der Waals surface area contributed by atoms with Crippen LogP contribution in [-0.4, -0.2) is 50.0 Å². The first-order valence-corrected chi connectivity index (χ1v) is 8.12. The molecule has 0 N–H and O–H groups in total. The highest BCUT2D eigenvalue weighted by Gasteiger charge is 2.26. The minimum Gasteiger partial charge on any atom is -0.495 e. The number of ketones is 1. The minimum absolute atomic E-state index is 0.0180. The van der Waals surface area contributed by atoms with Gasteiger partial charge in [0.2, 0.25) is 0 Å². The molecule has 5 nitrogen and oxygen atoms in total. The zero-order valence-corrected chi connectivity index (χ0v) is 14.3. The molecule has 1 saturated heterocycles. The average Bonchev–Trinajstić information content (AvgIpc) is 2.54. The maximum Gasteiger partial charge on any atom is 0.302 e. The van der Waals surface area contributed by atoms with E-state index < -0.39 is 0 Å². The van der Waals surface area contributed by atoms with Crippen molar-refractivity contribution in [3.8, 4) is 5.75 Å². The third-order valence-electron chi connectivity index (χ3n) is 4.11. The van der Waals surface area contributed by atoms with E-state index >= 15 is 0 Å². The predicted octanol–water partition coefficient (Wildman–Crippen LogP) is 2.81. The maximum absolute atomic E-state index is 12.6. The molecule has 0 bridgehead atoms. The second-order valence-electron chi connectivity index (χ2n) is 5.67. The fourth-order valence-electron chi connectivity index (χ4n) is 2.79. The van der Waals surface area contributed by atoms with Crippen LogP contribution in [0, 0.1) is 5.92 Å². The number of carbonyl (C=O) groups is 2. The summed E-state index contributed by atoms with van der Waals surface area (Å²) in [7, 11) is 1.55.